The molecule has 2 N–H and O–H groups in total. The van der Waals surface area contributed by atoms with Crippen molar-refractivity contribution < 1.29 is 57.9 Å². The van der Waals surface area contributed by atoms with Crippen molar-refractivity contribution in [3.63, 3.8) is 0 Å². The van der Waals surface area contributed by atoms with Crippen molar-refractivity contribution >= 4 is 29.8 Å². The molecule has 0 aromatic rings. The summed E-state index contributed by atoms with van der Waals surface area (Å²) in [6.07, 6.45) is 0.272. The standard InChI is InChI=1S/C34H50O12/c1-9-12-13-14-15-17-24(37)43-28-26-25(20(5)27(28)44-30(38)19(4)11-3)29-34(41,33(8,40)31(39)45-29)22(42-23(36)16-10-2)18-32(26,7)46-21(6)35/h11,22,26-29,40-41H,9-10,12-18H2,1-8H3/b19-11+/t22-,26-,27-,28+,29-,32+,33-,34-/m1/s1. The van der Waals surface area contributed by atoms with Gasteiger partial charge in [0.1, 0.15) is 11.7 Å². The zero-order valence-corrected chi connectivity index (χ0v) is 28.3. The molecular weight excluding hydrogens is 600 g/mol. The maximum Gasteiger partial charge on any atom is 0.341 e. The number of allylic oxidation sites excluding steroid dienone is 1. The molecule has 12 nitrogen and oxygen atoms in total. The van der Waals surface area contributed by atoms with E-state index in [1.807, 2.05) is 0 Å². The van der Waals surface area contributed by atoms with E-state index in [9.17, 15) is 34.2 Å². The maximum atomic E-state index is 13.3. The second kappa shape index (κ2) is 14.7. The summed E-state index contributed by atoms with van der Waals surface area (Å²) in [7, 11) is 0. The van der Waals surface area contributed by atoms with Crippen LogP contribution >= 0.6 is 0 Å². The van der Waals surface area contributed by atoms with Crippen LogP contribution in [0.1, 0.15) is 113 Å². The molecule has 0 unspecified atom stereocenters. The number of esters is 5. The number of fused-ring (bicyclic) bond motifs is 3. The lowest BCUT2D eigenvalue weighted by atomic mass is 9.75. The molecule has 0 spiro atoms. The third kappa shape index (κ3) is 7.02. The zero-order chi connectivity index (χ0) is 34.6. The van der Waals surface area contributed by atoms with Crippen LogP contribution in [0, 0.1) is 5.92 Å². The van der Waals surface area contributed by atoms with Crippen LogP contribution in [-0.2, 0) is 47.7 Å². The highest BCUT2D eigenvalue weighted by Gasteiger charge is 2.76. The molecule has 1 saturated heterocycles. The van der Waals surface area contributed by atoms with Gasteiger partial charge in [0.15, 0.2) is 29.5 Å². The van der Waals surface area contributed by atoms with Gasteiger partial charge in [0, 0.05) is 31.8 Å². The Bertz CT molecular complexity index is 1260. The van der Waals surface area contributed by atoms with E-state index in [1.54, 1.807) is 33.8 Å². The molecule has 2 fully saturated rings. The first kappa shape index (κ1) is 37.2. The second-order valence-electron chi connectivity index (χ2n) is 13.1. The van der Waals surface area contributed by atoms with Crippen molar-refractivity contribution in [1.29, 1.82) is 0 Å². The van der Waals surface area contributed by atoms with Gasteiger partial charge >= 0.3 is 29.8 Å². The van der Waals surface area contributed by atoms with E-state index in [0.717, 1.165) is 32.6 Å². The van der Waals surface area contributed by atoms with E-state index >= 15 is 0 Å². The van der Waals surface area contributed by atoms with Gasteiger partial charge in [0.2, 0.25) is 0 Å². The minimum atomic E-state index is -2.57. The molecule has 1 heterocycles. The van der Waals surface area contributed by atoms with Crippen LogP contribution in [0.2, 0.25) is 0 Å². The predicted molar refractivity (Wildman–Crippen MR) is 164 cm³/mol. The van der Waals surface area contributed by atoms with Gasteiger partial charge in [-0.1, -0.05) is 45.6 Å². The van der Waals surface area contributed by atoms with Crippen LogP contribution < -0.4 is 0 Å². The van der Waals surface area contributed by atoms with Gasteiger partial charge in [-0.2, -0.15) is 0 Å². The highest BCUT2D eigenvalue weighted by molar-refractivity contribution is 5.88. The van der Waals surface area contributed by atoms with E-state index in [4.69, 9.17) is 23.7 Å². The predicted octanol–water partition coefficient (Wildman–Crippen LogP) is 3.93. The Kier molecular flexibility index (Phi) is 11.9. The second-order valence-corrected chi connectivity index (χ2v) is 13.1. The molecule has 258 valence electrons. The first-order chi connectivity index (χ1) is 21.5. The van der Waals surface area contributed by atoms with Crippen molar-refractivity contribution in [2.24, 2.45) is 5.92 Å². The summed E-state index contributed by atoms with van der Waals surface area (Å²) in [6.45, 7) is 12.4. The SMILES string of the molecule is C/C=C(\C)C(=O)O[C@@H]1C(C)=C2[C@H]3OC(=O)[C@@](C)(O)[C@@]3(O)[C@H](OC(=O)CCC)C[C@](C)(OC(C)=O)[C@H]2[C@@H]1OC(=O)CCCCCCC. The van der Waals surface area contributed by atoms with Gasteiger partial charge in [0.05, 0.1) is 5.92 Å². The minimum Gasteiger partial charge on any atom is -0.459 e. The highest BCUT2D eigenvalue weighted by atomic mass is 16.6. The lowest BCUT2D eigenvalue weighted by Gasteiger charge is -2.41. The van der Waals surface area contributed by atoms with Crippen molar-refractivity contribution in [3.05, 3.63) is 22.8 Å². The average molecular weight is 651 g/mol. The normalized spacial score (nSPS) is 33.8. The Labute approximate surface area is 270 Å². The lowest BCUT2D eigenvalue weighted by Crippen LogP contribution is -2.64. The van der Waals surface area contributed by atoms with Gasteiger partial charge in [-0.3, -0.25) is 14.4 Å². The molecule has 3 aliphatic rings. The van der Waals surface area contributed by atoms with E-state index in [0.29, 0.717) is 12.8 Å². The molecule has 0 aromatic carbocycles. The summed E-state index contributed by atoms with van der Waals surface area (Å²) in [5.41, 5.74) is -6.12. The molecule has 2 aliphatic carbocycles. The van der Waals surface area contributed by atoms with E-state index in [2.05, 4.69) is 6.92 Å². The first-order valence-electron chi connectivity index (χ1n) is 16.3. The van der Waals surface area contributed by atoms with Gasteiger partial charge in [0.25, 0.3) is 0 Å². The number of aliphatic hydroxyl groups is 2. The minimum absolute atomic E-state index is 0.0234. The molecule has 1 saturated carbocycles. The number of carbonyl (C=O) groups is 5. The number of ether oxygens (including phenoxy) is 5. The molecule has 0 aromatic heterocycles. The maximum absolute atomic E-state index is 13.3. The van der Waals surface area contributed by atoms with E-state index in [1.165, 1.54) is 13.8 Å². The molecular formula is C34H50O12. The smallest absolute Gasteiger partial charge is 0.341 e. The van der Waals surface area contributed by atoms with Gasteiger partial charge in [-0.15, -0.1) is 0 Å². The number of rotatable bonds is 13. The Hall–Kier alpha value is -3.25. The quantitative estimate of drug-likeness (QED) is 0.0969. The summed E-state index contributed by atoms with van der Waals surface area (Å²) in [5, 5.41) is 23.9. The summed E-state index contributed by atoms with van der Waals surface area (Å²) in [6, 6.07) is 0. The third-order valence-electron chi connectivity index (χ3n) is 9.51. The van der Waals surface area contributed by atoms with Crippen LogP contribution in [-0.4, -0.2) is 81.3 Å². The number of carbonyl (C=O) groups excluding carboxylic acids is 5. The Morgan fingerprint density at radius 1 is 0.935 bits per heavy atom. The van der Waals surface area contributed by atoms with Crippen LogP contribution in [0.5, 0.6) is 0 Å². The van der Waals surface area contributed by atoms with Crippen molar-refractivity contribution in [2.45, 2.75) is 154 Å². The molecule has 12 heteroatoms. The molecule has 3 rings (SSSR count). The molecule has 0 radical (unpaired) electrons. The summed E-state index contributed by atoms with van der Waals surface area (Å²) in [4.78, 5) is 65.1. The van der Waals surface area contributed by atoms with Gasteiger partial charge < -0.3 is 33.9 Å². The highest BCUT2D eigenvalue weighted by Crippen LogP contribution is 2.57. The fourth-order valence-electron chi connectivity index (χ4n) is 6.90. The van der Waals surface area contributed by atoms with E-state index in [-0.39, 0.29) is 29.6 Å². The Balaban J connectivity index is 2.23. The van der Waals surface area contributed by atoms with Crippen LogP contribution in [0.15, 0.2) is 22.8 Å². The average Bonchev–Trinajstić information content (AvgIpc) is 3.30. The van der Waals surface area contributed by atoms with Crippen LogP contribution in [0.4, 0.5) is 0 Å². The zero-order valence-electron chi connectivity index (χ0n) is 28.3. The van der Waals surface area contributed by atoms with Gasteiger partial charge in [-0.25, -0.2) is 9.59 Å². The van der Waals surface area contributed by atoms with E-state index < -0.39 is 83.4 Å². The van der Waals surface area contributed by atoms with Crippen molar-refractivity contribution in [1.82, 2.24) is 0 Å². The molecule has 8 atom stereocenters. The van der Waals surface area contributed by atoms with Crippen LogP contribution in [0.25, 0.3) is 0 Å². The Morgan fingerprint density at radius 2 is 1.57 bits per heavy atom. The molecule has 0 amide bonds. The number of hydrogen-bond donors (Lipinski definition) is 2. The van der Waals surface area contributed by atoms with Crippen LogP contribution in [0.3, 0.4) is 0 Å². The topological polar surface area (TPSA) is 172 Å². The summed E-state index contributed by atoms with van der Waals surface area (Å²) >= 11 is 0. The Morgan fingerprint density at radius 3 is 2.15 bits per heavy atom. The molecule has 1 aliphatic heterocycles. The fraction of sp³-hybridized carbons (Fsp3) is 0.735. The first-order valence-corrected chi connectivity index (χ1v) is 16.3. The largest absolute Gasteiger partial charge is 0.459 e. The van der Waals surface area contributed by atoms with Gasteiger partial charge in [-0.05, 0) is 58.6 Å². The van der Waals surface area contributed by atoms with Crippen molar-refractivity contribution in [3.8, 4) is 0 Å². The number of hydrogen-bond acceptors (Lipinski definition) is 12. The molecule has 46 heavy (non-hydrogen) atoms. The summed E-state index contributed by atoms with van der Waals surface area (Å²) < 4.78 is 29.3. The number of unbranched alkanes of at least 4 members (excludes halogenated alkanes) is 4. The monoisotopic (exact) mass is 650 g/mol. The summed E-state index contributed by atoms with van der Waals surface area (Å²) in [5.74, 6) is -5.03. The molecule has 0 bridgehead atoms. The van der Waals surface area contributed by atoms with Crippen molar-refractivity contribution in [2.75, 3.05) is 0 Å². The third-order valence-corrected chi connectivity index (χ3v) is 9.51. The lowest BCUT2D eigenvalue weighted by molar-refractivity contribution is -0.212. The fourth-order valence-corrected chi connectivity index (χ4v) is 6.90.